The monoisotopic (exact) mass is 876 g/mol. The molecule has 320 valence electrons. The number of methoxy groups -OCH3 is 5. The van der Waals surface area contributed by atoms with E-state index in [-0.39, 0.29) is 6.61 Å². The Balaban J connectivity index is 0.000000252. The SMILES string of the molecule is COCc1cc(-c2ccccc2)n(C)n1.COCc1cc(C)n(C(C)C)n1.COCc1cc(C)n(C)n1.COCc1ccn(C(F)F)n1.COCc1nn(C)cc1Br. The van der Waals surface area contributed by atoms with E-state index in [4.69, 9.17) is 23.7 Å². The lowest BCUT2D eigenvalue weighted by Gasteiger charge is -2.06. The van der Waals surface area contributed by atoms with Crippen molar-refractivity contribution in [3.8, 4) is 11.3 Å². The Kier molecular flexibility index (Phi) is 22.6. The molecule has 5 heterocycles. The Morgan fingerprint density at radius 3 is 1.59 bits per heavy atom. The van der Waals surface area contributed by atoms with Crippen molar-refractivity contribution < 1.29 is 32.5 Å². The number of alkyl halides is 2. The van der Waals surface area contributed by atoms with Crippen molar-refractivity contribution in [2.24, 2.45) is 21.1 Å². The van der Waals surface area contributed by atoms with Crippen LogP contribution in [0.25, 0.3) is 11.3 Å². The van der Waals surface area contributed by atoms with Crippen LogP contribution in [0.1, 0.15) is 66.3 Å². The van der Waals surface area contributed by atoms with E-state index >= 15 is 0 Å². The number of aromatic nitrogens is 10. The number of halogens is 3. The molecule has 0 radical (unpaired) electrons. The minimum Gasteiger partial charge on any atom is -0.378 e. The van der Waals surface area contributed by atoms with Crippen LogP contribution in [-0.2, 0) is 77.9 Å². The minimum absolute atomic E-state index is 0.264. The van der Waals surface area contributed by atoms with Crippen molar-refractivity contribution in [3.05, 3.63) is 111 Å². The Morgan fingerprint density at radius 1 is 0.621 bits per heavy atom. The molecule has 5 aromatic heterocycles. The quantitative estimate of drug-likeness (QED) is 0.113. The number of benzene rings is 1. The molecule has 0 amide bonds. The van der Waals surface area contributed by atoms with Gasteiger partial charge in [-0.2, -0.15) is 34.3 Å². The average Bonchev–Trinajstić information content (AvgIpc) is 4.01. The van der Waals surface area contributed by atoms with Gasteiger partial charge < -0.3 is 23.7 Å². The van der Waals surface area contributed by atoms with E-state index in [2.05, 4.69) is 86.5 Å². The Labute approximate surface area is 348 Å². The van der Waals surface area contributed by atoms with Gasteiger partial charge in [0.05, 0.1) is 66.0 Å². The summed E-state index contributed by atoms with van der Waals surface area (Å²) in [5, 5.41) is 20.6. The van der Waals surface area contributed by atoms with E-state index in [1.54, 1.807) is 33.1 Å². The molecule has 0 spiro atoms. The first kappa shape index (κ1) is 49.6. The Hall–Kier alpha value is -4.59. The van der Waals surface area contributed by atoms with E-state index in [1.807, 2.05) is 72.6 Å². The molecule has 0 aliphatic carbocycles. The normalized spacial score (nSPS) is 10.6. The van der Waals surface area contributed by atoms with Crippen LogP contribution in [0.2, 0.25) is 0 Å². The predicted molar refractivity (Wildman–Crippen MR) is 222 cm³/mol. The van der Waals surface area contributed by atoms with Gasteiger partial charge in [-0.3, -0.25) is 18.7 Å². The summed E-state index contributed by atoms with van der Waals surface area (Å²) in [4.78, 5) is 0. The van der Waals surface area contributed by atoms with Crippen LogP contribution < -0.4 is 0 Å². The summed E-state index contributed by atoms with van der Waals surface area (Å²) in [7, 11) is 13.9. The molecule has 15 nitrogen and oxygen atoms in total. The molecular formula is C40H59BrF2N10O5. The standard InChI is InChI=1S/C12H14N2O.C9H16N2O.C7H12N2O.C6H9BrN2O.C6H8F2N2O/c1-14-12(8-11(13-14)9-15-2)10-6-4-3-5-7-10;1-7(2)11-8(3)5-9(10-11)6-12-4;1-6-4-7(5-10-3)8-9(6)2;1-9-3-5(7)6(8-9)4-10-2;1-11-4-5-2-3-10(9-5)6(7)8/h3-8H,9H2,1-2H3;5,7H,6H2,1-4H3;4H,5H2,1-3H3;3H,4H2,1-2H3;2-3,6H,4H2,1H3. The molecule has 0 bridgehead atoms. The highest BCUT2D eigenvalue weighted by atomic mass is 79.9. The molecule has 0 fully saturated rings. The molecule has 0 aliphatic rings. The van der Waals surface area contributed by atoms with E-state index in [0.717, 1.165) is 38.6 Å². The maximum Gasteiger partial charge on any atom is 0.333 e. The highest BCUT2D eigenvalue weighted by Crippen LogP contribution is 2.19. The molecule has 0 aliphatic heterocycles. The van der Waals surface area contributed by atoms with Crippen LogP contribution in [0, 0.1) is 13.8 Å². The maximum absolute atomic E-state index is 11.9. The molecule has 1 aromatic carbocycles. The summed E-state index contributed by atoms with van der Waals surface area (Å²) in [6, 6.07) is 18.3. The molecular weight excluding hydrogens is 818 g/mol. The second kappa shape index (κ2) is 26.4. The van der Waals surface area contributed by atoms with Crippen molar-refractivity contribution in [1.82, 2.24) is 48.9 Å². The number of nitrogens with zero attached hydrogens (tertiary/aromatic N) is 10. The molecule has 6 rings (SSSR count). The van der Waals surface area contributed by atoms with Crippen molar-refractivity contribution >= 4 is 15.9 Å². The highest BCUT2D eigenvalue weighted by molar-refractivity contribution is 9.10. The second-order valence-corrected chi connectivity index (χ2v) is 13.9. The number of rotatable bonds is 13. The van der Waals surface area contributed by atoms with E-state index < -0.39 is 6.55 Å². The van der Waals surface area contributed by atoms with Gasteiger partial charge in [-0.1, -0.05) is 30.3 Å². The Morgan fingerprint density at radius 2 is 1.14 bits per heavy atom. The minimum atomic E-state index is -2.57. The zero-order valence-corrected chi connectivity index (χ0v) is 37.3. The van der Waals surface area contributed by atoms with Gasteiger partial charge in [-0.05, 0) is 73.5 Å². The number of hydrogen-bond acceptors (Lipinski definition) is 10. The molecule has 18 heteroatoms. The topological polar surface area (TPSA) is 135 Å². The first-order valence-corrected chi connectivity index (χ1v) is 19.0. The van der Waals surface area contributed by atoms with Gasteiger partial charge in [0, 0.05) is 86.5 Å². The molecule has 0 unspecified atom stereocenters. The summed E-state index contributed by atoms with van der Waals surface area (Å²) in [5.74, 6) is 0. The van der Waals surface area contributed by atoms with Gasteiger partial charge in [0.2, 0.25) is 0 Å². The first-order valence-electron chi connectivity index (χ1n) is 18.2. The maximum atomic E-state index is 11.9. The van der Waals surface area contributed by atoms with Gasteiger partial charge >= 0.3 is 6.55 Å². The number of aryl methyl sites for hydroxylation is 5. The fraction of sp³-hybridized carbons (Fsp3) is 0.475. The van der Waals surface area contributed by atoms with Gasteiger partial charge in [0.15, 0.2) is 0 Å². The number of ether oxygens (including phenoxy) is 5. The van der Waals surface area contributed by atoms with E-state index in [9.17, 15) is 8.78 Å². The van der Waals surface area contributed by atoms with Crippen molar-refractivity contribution in [2.75, 3.05) is 35.5 Å². The number of hydrogen-bond donors (Lipinski definition) is 0. The van der Waals surface area contributed by atoms with Crippen molar-refractivity contribution in [2.45, 2.75) is 73.3 Å². The summed E-state index contributed by atoms with van der Waals surface area (Å²) in [6.07, 6.45) is 3.12. The third-order valence-corrected chi connectivity index (χ3v) is 8.46. The highest BCUT2D eigenvalue weighted by Gasteiger charge is 2.08. The zero-order chi connectivity index (χ0) is 43.2. The van der Waals surface area contributed by atoms with Gasteiger partial charge in [0.25, 0.3) is 0 Å². The molecule has 0 saturated carbocycles. The largest absolute Gasteiger partial charge is 0.378 e. The lowest BCUT2D eigenvalue weighted by Crippen LogP contribution is -2.05. The van der Waals surface area contributed by atoms with Crippen LogP contribution in [0.4, 0.5) is 8.78 Å². The molecule has 0 N–H and O–H groups in total. The first-order chi connectivity index (χ1) is 27.7. The van der Waals surface area contributed by atoms with Gasteiger partial charge in [-0.25, -0.2) is 4.68 Å². The summed E-state index contributed by atoms with van der Waals surface area (Å²) in [5.41, 5.74) is 9.03. The second-order valence-electron chi connectivity index (χ2n) is 13.1. The molecule has 0 atom stereocenters. The summed E-state index contributed by atoms with van der Waals surface area (Å²) >= 11 is 3.35. The third kappa shape index (κ3) is 17.1. The lowest BCUT2D eigenvalue weighted by molar-refractivity contribution is 0.0552. The van der Waals surface area contributed by atoms with Crippen molar-refractivity contribution in [3.63, 3.8) is 0 Å². The smallest absolute Gasteiger partial charge is 0.333 e. The van der Waals surface area contributed by atoms with Crippen LogP contribution in [0.15, 0.2) is 71.5 Å². The molecule has 6 aromatic rings. The zero-order valence-electron chi connectivity index (χ0n) is 35.7. The third-order valence-electron chi connectivity index (χ3n) is 7.79. The molecule has 0 saturated heterocycles. The van der Waals surface area contributed by atoms with Crippen molar-refractivity contribution in [1.29, 1.82) is 0 Å². The fourth-order valence-electron chi connectivity index (χ4n) is 5.22. The summed E-state index contributed by atoms with van der Waals surface area (Å²) in [6.45, 7) is 8.33. The van der Waals surface area contributed by atoms with Crippen LogP contribution in [0.5, 0.6) is 0 Å². The fourth-order valence-corrected chi connectivity index (χ4v) is 5.71. The van der Waals surface area contributed by atoms with Gasteiger partial charge in [0.1, 0.15) is 5.69 Å². The van der Waals surface area contributed by atoms with Crippen LogP contribution >= 0.6 is 15.9 Å². The van der Waals surface area contributed by atoms with Crippen LogP contribution in [-0.4, -0.2) is 84.5 Å². The van der Waals surface area contributed by atoms with E-state index in [1.165, 1.54) is 30.6 Å². The predicted octanol–water partition coefficient (Wildman–Crippen LogP) is 7.78. The van der Waals surface area contributed by atoms with Gasteiger partial charge in [-0.15, -0.1) is 0 Å². The van der Waals surface area contributed by atoms with Crippen LogP contribution in [0.3, 0.4) is 0 Å². The molecule has 58 heavy (non-hydrogen) atoms. The average molecular weight is 878 g/mol. The lowest BCUT2D eigenvalue weighted by atomic mass is 10.1. The summed E-state index contributed by atoms with van der Waals surface area (Å²) < 4.78 is 57.4. The Bertz CT molecular complexity index is 1990. The van der Waals surface area contributed by atoms with E-state index in [0.29, 0.717) is 42.8 Å².